The van der Waals surface area contributed by atoms with Gasteiger partial charge in [0.2, 0.25) is 0 Å². The standard InChI is InChI=1S/C25H25N3O4S3/c1-2-21-24(19-9-5-18(6-10-19)16-35(31)32)27-28(23(15-29)34-21)14-17-7-11-20(12-8-17)26-25(30)22-4-3-13-33-22/h3-13,15,21,23H,2,14,16H2,1H3,(H,26,30)(H,31,32)/p-1. The van der Waals surface area contributed by atoms with Crippen molar-refractivity contribution < 1.29 is 18.4 Å². The maximum Gasteiger partial charge on any atom is 0.265 e. The van der Waals surface area contributed by atoms with Crippen molar-refractivity contribution in [2.75, 3.05) is 5.32 Å². The number of nitrogens with one attached hydrogen (secondary N) is 1. The summed E-state index contributed by atoms with van der Waals surface area (Å²) in [5.74, 6) is -0.171. The van der Waals surface area contributed by atoms with Crippen LogP contribution in [0, 0.1) is 0 Å². The zero-order chi connectivity index (χ0) is 24.8. The molecule has 182 valence electrons. The maximum atomic E-state index is 12.3. The molecule has 0 spiro atoms. The molecule has 2 aromatic carbocycles. The van der Waals surface area contributed by atoms with Gasteiger partial charge in [-0.15, -0.1) is 23.1 Å². The Labute approximate surface area is 214 Å². The van der Waals surface area contributed by atoms with E-state index in [0.29, 0.717) is 22.7 Å². The number of rotatable bonds is 9. The Balaban J connectivity index is 1.51. The second-order valence-electron chi connectivity index (χ2n) is 7.92. The number of anilines is 1. The molecule has 0 radical (unpaired) electrons. The molecule has 1 aliphatic rings. The number of carbonyl (C=O) groups is 2. The fraction of sp³-hybridized carbons (Fsp3) is 0.240. The Morgan fingerprint density at radius 2 is 1.86 bits per heavy atom. The van der Waals surface area contributed by atoms with Crippen LogP contribution in [0.5, 0.6) is 0 Å². The van der Waals surface area contributed by atoms with Gasteiger partial charge in [0.25, 0.3) is 5.91 Å². The Morgan fingerprint density at radius 1 is 1.14 bits per heavy atom. The summed E-state index contributed by atoms with van der Waals surface area (Å²) in [5, 5.41) is 11.0. The van der Waals surface area contributed by atoms with Gasteiger partial charge in [-0.1, -0.05) is 60.5 Å². The van der Waals surface area contributed by atoms with E-state index in [1.807, 2.05) is 47.8 Å². The first-order valence-corrected chi connectivity index (χ1v) is 14.1. The molecule has 0 bridgehead atoms. The second-order valence-corrected chi connectivity index (χ2v) is 11.1. The van der Waals surface area contributed by atoms with E-state index in [9.17, 15) is 18.4 Å². The first kappa shape index (κ1) is 25.3. The van der Waals surface area contributed by atoms with Gasteiger partial charge in [-0.05, 0) is 46.7 Å². The largest absolute Gasteiger partial charge is 0.772 e. The molecule has 1 aromatic heterocycles. The molecule has 10 heteroatoms. The number of nitrogens with zero attached hydrogens (tertiary/aromatic N) is 2. The lowest BCUT2D eigenvalue weighted by molar-refractivity contribution is -0.110. The molecule has 0 saturated carbocycles. The van der Waals surface area contributed by atoms with Crippen LogP contribution < -0.4 is 5.32 Å². The fourth-order valence-electron chi connectivity index (χ4n) is 3.71. The number of benzene rings is 2. The Kier molecular flexibility index (Phi) is 8.50. The van der Waals surface area contributed by atoms with Crippen molar-refractivity contribution in [1.82, 2.24) is 5.01 Å². The first-order chi connectivity index (χ1) is 17.0. The van der Waals surface area contributed by atoms with E-state index in [2.05, 4.69) is 12.2 Å². The molecular weight excluding hydrogens is 502 g/mol. The summed E-state index contributed by atoms with van der Waals surface area (Å²) < 4.78 is 22.0. The number of amides is 1. The van der Waals surface area contributed by atoms with Gasteiger partial charge in [0.15, 0.2) is 6.29 Å². The van der Waals surface area contributed by atoms with Gasteiger partial charge in [0.1, 0.15) is 5.37 Å². The predicted octanol–water partition coefficient (Wildman–Crippen LogP) is 4.64. The number of aldehydes is 1. The molecule has 1 amide bonds. The highest BCUT2D eigenvalue weighted by molar-refractivity contribution is 8.01. The third-order valence-electron chi connectivity index (χ3n) is 5.46. The summed E-state index contributed by atoms with van der Waals surface area (Å²) in [6.45, 7) is 2.49. The average Bonchev–Trinajstić information content (AvgIpc) is 3.40. The quantitative estimate of drug-likeness (QED) is 0.322. The molecule has 0 aliphatic carbocycles. The number of carbonyl (C=O) groups excluding carboxylic acids is 2. The van der Waals surface area contributed by atoms with Crippen molar-refractivity contribution in [1.29, 1.82) is 0 Å². The SMILES string of the molecule is CCC1SC(C=O)N(Cc2ccc(NC(=O)c3cccs3)cc2)N=C1c1ccc(CS(=O)[O-])cc1. The third kappa shape index (κ3) is 6.46. The van der Waals surface area contributed by atoms with Gasteiger partial charge in [-0.25, -0.2) is 0 Å². The van der Waals surface area contributed by atoms with Crippen LogP contribution in [0.1, 0.15) is 39.7 Å². The van der Waals surface area contributed by atoms with E-state index < -0.39 is 16.5 Å². The summed E-state index contributed by atoms with van der Waals surface area (Å²) in [6, 6.07) is 18.5. The Bertz CT molecular complexity index is 1210. The van der Waals surface area contributed by atoms with E-state index in [1.54, 1.807) is 35.0 Å². The van der Waals surface area contributed by atoms with Crippen LogP contribution in [0.2, 0.25) is 0 Å². The lowest BCUT2D eigenvalue weighted by atomic mass is 10.0. The van der Waals surface area contributed by atoms with E-state index in [-0.39, 0.29) is 16.9 Å². The highest BCUT2D eigenvalue weighted by Crippen LogP contribution is 2.32. The van der Waals surface area contributed by atoms with Gasteiger partial charge in [-0.3, -0.25) is 14.0 Å². The van der Waals surface area contributed by atoms with E-state index in [1.165, 1.54) is 11.3 Å². The smallest absolute Gasteiger partial charge is 0.265 e. The Hall–Kier alpha value is -2.79. The number of hydrogen-bond donors (Lipinski definition) is 1. The van der Waals surface area contributed by atoms with Crippen LogP contribution in [-0.4, -0.2) is 42.3 Å². The van der Waals surface area contributed by atoms with Crippen molar-refractivity contribution in [3.05, 3.63) is 87.6 Å². The van der Waals surface area contributed by atoms with Crippen LogP contribution in [-0.2, 0) is 28.2 Å². The minimum absolute atomic E-state index is 0.0260. The number of thioether (sulfide) groups is 1. The number of hydrazone groups is 1. The Morgan fingerprint density at radius 3 is 2.46 bits per heavy atom. The zero-order valence-corrected chi connectivity index (χ0v) is 21.4. The molecular formula is C25H24N3O4S3-. The lowest BCUT2D eigenvalue weighted by Crippen LogP contribution is -2.39. The van der Waals surface area contributed by atoms with Gasteiger partial charge in [0.05, 0.1) is 22.4 Å². The van der Waals surface area contributed by atoms with Crippen molar-refractivity contribution >= 4 is 57.8 Å². The summed E-state index contributed by atoms with van der Waals surface area (Å²) in [7, 11) is 0. The maximum absolute atomic E-state index is 12.3. The molecule has 2 heterocycles. The normalized spacial score (nSPS) is 18.6. The number of hydrogen-bond acceptors (Lipinski definition) is 8. The van der Waals surface area contributed by atoms with E-state index in [0.717, 1.165) is 29.5 Å². The van der Waals surface area contributed by atoms with Crippen molar-refractivity contribution in [2.24, 2.45) is 5.10 Å². The molecule has 0 saturated heterocycles. The summed E-state index contributed by atoms with van der Waals surface area (Å²) in [4.78, 5) is 24.8. The van der Waals surface area contributed by atoms with Crippen molar-refractivity contribution in [3.63, 3.8) is 0 Å². The van der Waals surface area contributed by atoms with Crippen molar-refractivity contribution in [3.8, 4) is 0 Å². The van der Waals surface area contributed by atoms with E-state index in [4.69, 9.17) is 5.10 Å². The van der Waals surface area contributed by atoms with Crippen molar-refractivity contribution in [2.45, 2.75) is 36.3 Å². The van der Waals surface area contributed by atoms with Crippen LogP contribution in [0.3, 0.4) is 0 Å². The molecule has 0 fully saturated rings. The third-order valence-corrected chi connectivity index (χ3v) is 8.42. The van der Waals surface area contributed by atoms with Crippen LogP contribution in [0.25, 0.3) is 0 Å². The first-order valence-electron chi connectivity index (χ1n) is 11.0. The van der Waals surface area contributed by atoms with Gasteiger partial charge in [-0.2, -0.15) is 5.10 Å². The molecule has 4 rings (SSSR count). The number of thiophene rings is 1. The van der Waals surface area contributed by atoms with Crippen LogP contribution in [0.15, 0.2) is 71.1 Å². The second kappa shape index (κ2) is 11.8. The molecule has 7 nitrogen and oxygen atoms in total. The lowest BCUT2D eigenvalue weighted by Gasteiger charge is -2.34. The monoisotopic (exact) mass is 526 g/mol. The minimum atomic E-state index is -2.14. The molecule has 1 N–H and O–H groups in total. The summed E-state index contributed by atoms with van der Waals surface area (Å²) in [6.07, 6.45) is 1.72. The molecule has 35 heavy (non-hydrogen) atoms. The summed E-state index contributed by atoms with van der Waals surface area (Å²) in [5.41, 5.74) is 4.14. The fourth-order valence-corrected chi connectivity index (χ4v) is 5.96. The molecule has 1 aliphatic heterocycles. The van der Waals surface area contributed by atoms with Crippen LogP contribution in [0.4, 0.5) is 5.69 Å². The van der Waals surface area contributed by atoms with Gasteiger partial charge in [0, 0.05) is 11.4 Å². The van der Waals surface area contributed by atoms with E-state index >= 15 is 0 Å². The molecule has 3 aromatic rings. The average molecular weight is 527 g/mol. The van der Waals surface area contributed by atoms with Gasteiger partial charge >= 0.3 is 0 Å². The highest BCUT2D eigenvalue weighted by atomic mass is 32.2. The topological polar surface area (TPSA) is 102 Å². The molecule has 3 atom stereocenters. The predicted molar refractivity (Wildman–Crippen MR) is 141 cm³/mol. The van der Waals surface area contributed by atoms with Crippen LogP contribution >= 0.6 is 23.1 Å². The van der Waals surface area contributed by atoms with Gasteiger partial charge < -0.3 is 14.7 Å². The highest BCUT2D eigenvalue weighted by Gasteiger charge is 2.31. The molecule has 3 unspecified atom stereocenters. The summed E-state index contributed by atoms with van der Waals surface area (Å²) >= 11 is 0.808. The minimum Gasteiger partial charge on any atom is -0.772 e. The zero-order valence-electron chi connectivity index (χ0n) is 19.0.